The van der Waals surface area contributed by atoms with Gasteiger partial charge in [-0.25, -0.2) is 0 Å². The van der Waals surface area contributed by atoms with Crippen molar-refractivity contribution in [3.8, 4) is 0 Å². The summed E-state index contributed by atoms with van der Waals surface area (Å²) in [6.45, 7) is 7.48. The van der Waals surface area contributed by atoms with E-state index in [9.17, 15) is 0 Å². The van der Waals surface area contributed by atoms with Crippen LogP contribution in [0.2, 0.25) is 0 Å². The fourth-order valence-corrected chi connectivity index (χ4v) is 1.27. The van der Waals surface area contributed by atoms with Gasteiger partial charge in [0.25, 0.3) is 0 Å². The van der Waals surface area contributed by atoms with Crippen LogP contribution in [-0.2, 0) is 4.74 Å². The lowest BCUT2D eigenvalue weighted by atomic mass is 9.87. The Hall–Kier alpha value is -0.340. The van der Waals surface area contributed by atoms with Crippen molar-refractivity contribution in [3.05, 3.63) is 11.6 Å². The fraction of sp³-hybridized carbons (Fsp3) is 0.778. The fourth-order valence-electron chi connectivity index (χ4n) is 1.27. The molecule has 0 saturated carbocycles. The lowest BCUT2D eigenvalue weighted by Crippen LogP contribution is -2.14. The Morgan fingerprint density at radius 3 is 2.64 bits per heavy atom. The van der Waals surface area contributed by atoms with Gasteiger partial charge in [0.1, 0.15) is 0 Å². The van der Waals surface area contributed by atoms with E-state index >= 15 is 0 Å². The number of hydrogen-bond acceptors (Lipinski definition) is 2. The van der Waals surface area contributed by atoms with Crippen LogP contribution in [0, 0.1) is 5.41 Å². The number of aliphatic hydroxyl groups is 1. The lowest BCUT2D eigenvalue weighted by Gasteiger charge is -2.17. The standard InChI is InChI=1S/C9H16O2/c1-7(10)4-8-5-11-6-9(8,2)3/h4,7,10H,5-6H2,1-3H3/b8-4-. The second-order valence-electron chi connectivity index (χ2n) is 3.81. The zero-order valence-electron chi connectivity index (χ0n) is 7.42. The minimum Gasteiger partial charge on any atom is -0.389 e. The topological polar surface area (TPSA) is 29.5 Å². The highest BCUT2D eigenvalue weighted by atomic mass is 16.5. The van der Waals surface area contributed by atoms with Crippen LogP contribution < -0.4 is 0 Å². The number of hydrogen-bond donors (Lipinski definition) is 1. The summed E-state index contributed by atoms with van der Waals surface area (Å²) >= 11 is 0. The maximum atomic E-state index is 9.11. The van der Waals surface area contributed by atoms with Crippen molar-refractivity contribution in [2.75, 3.05) is 13.2 Å². The molecule has 1 rings (SSSR count). The van der Waals surface area contributed by atoms with Gasteiger partial charge in [0, 0.05) is 5.41 Å². The second kappa shape index (κ2) is 2.95. The van der Waals surface area contributed by atoms with Gasteiger partial charge in [-0.05, 0) is 12.5 Å². The monoisotopic (exact) mass is 156 g/mol. The Balaban J connectivity index is 2.72. The molecule has 1 aliphatic rings. The number of rotatable bonds is 1. The molecule has 0 aliphatic carbocycles. The summed E-state index contributed by atoms with van der Waals surface area (Å²) < 4.78 is 5.29. The van der Waals surface area contributed by atoms with Crippen molar-refractivity contribution < 1.29 is 9.84 Å². The zero-order valence-corrected chi connectivity index (χ0v) is 7.42. The molecule has 0 bridgehead atoms. The molecule has 0 aromatic carbocycles. The molecule has 0 amide bonds. The molecular formula is C9H16O2. The second-order valence-corrected chi connectivity index (χ2v) is 3.81. The maximum Gasteiger partial charge on any atom is 0.0696 e. The molecule has 0 aromatic rings. The van der Waals surface area contributed by atoms with Crippen molar-refractivity contribution in [1.82, 2.24) is 0 Å². The summed E-state index contributed by atoms with van der Waals surface area (Å²) in [4.78, 5) is 0. The number of aliphatic hydroxyl groups excluding tert-OH is 1. The Morgan fingerprint density at radius 2 is 2.27 bits per heavy atom. The lowest BCUT2D eigenvalue weighted by molar-refractivity contribution is 0.167. The smallest absolute Gasteiger partial charge is 0.0696 e. The first kappa shape index (κ1) is 8.75. The molecule has 1 aliphatic heterocycles. The van der Waals surface area contributed by atoms with Gasteiger partial charge in [-0.1, -0.05) is 19.9 Å². The van der Waals surface area contributed by atoms with E-state index in [0.717, 1.165) is 6.61 Å². The van der Waals surface area contributed by atoms with Crippen molar-refractivity contribution in [3.63, 3.8) is 0 Å². The molecule has 2 heteroatoms. The molecule has 64 valence electrons. The average Bonchev–Trinajstić information content (AvgIpc) is 2.10. The van der Waals surface area contributed by atoms with Gasteiger partial charge >= 0.3 is 0 Å². The van der Waals surface area contributed by atoms with Gasteiger partial charge in [-0.2, -0.15) is 0 Å². The van der Waals surface area contributed by atoms with E-state index in [1.807, 2.05) is 6.08 Å². The van der Waals surface area contributed by atoms with Gasteiger partial charge in [0.05, 0.1) is 19.3 Å². The molecule has 11 heavy (non-hydrogen) atoms. The van der Waals surface area contributed by atoms with E-state index in [1.165, 1.54) is 5.57 Å². The highest BCUT2D eigenvalue weighted by molar-refractivity contribution is 5.17. The summed E-state index contributed by atoms with van der Waals surface area (Å²) in [7, 11) is 0. The average molecular weight is 156 g/mol. The van der Waals surface area contributed by atoms with Crippen molar-refractivity contribution in [1.29, 1.82) is 0 Å². The first-order valence-electron chi connectivity index (χ1n) is 3.99. The third kappa shape index (κ3) is 2.04. The molecule has 1 fully saturated rings. The summed E-state index contributed by atoms with van der Waals surface area (Å²) in [6.07, 6.45) is 1.53. The van der Waals surface area contributed by atoms with E-state index in [1.54, 1.807) is 6.92 Å². The van der Waals surface area contributed by atoms with E-state index in [0.29, 0.717) is 6.61 Å². The molecule has 1 N–H and O–H groups in total. The molecule has 0 aromatic heterocycles. The SMILES string of the molecule is CC(O)/C=C1/COCC1(C)C. The van der Waals surface area contributed by atoms with Gasteiger partial charge in [-0.15, -0.1) is 0 Å². The van der Waals surface area contributed by atoms with Crippen LogP contribution in [0.5, 0.6) is 0 Å². The van der Waals surface area contributed by atoms with E-state index in [2.05, 4.69) is 13.8 Å². The Labute approximate surface area is 67.9 Å². The van der Waals surface area contributed by atoms with Gasteiger partial charge in [0.15, 0.2) is 0 Å². The Kier molecular flexibility index (Phi) is 2.35. The van der Waals surface area contributed by atoms with Crippen LogP contribution in [0.15, 0.2) is 11.6 Å². The molecule has 0 radical (unpaired) electrons. The molecule has 1 unspecified atom stereocenters. The van der Waals surface area contributed by atoms with Gasteiger partial charge < -0.3 is 9.84 Å². The normalized spacial score (nSPS) is 29.3. The highest BCUT2D eigenvalue weighted by Crippen LogP contribution is 2.32. The third-order valence-electron chi connectivity index (χ3n) is 2.03. The van der Waals surface area contributed by atoms with E-state index in [-0.39, 0.29) is 11.5 Å². The van der Waals surface area contributed by atoms with Crippen LogP contribution >= 0.6 is 0 Å². The van der Waals surface area contributed by atoms with Crippen LogP contribution in [-0.4, -0.2) is 24.4 Å². The van der Waals surface area contributed by atoms with Crippen molar-refractivity contribution in [2.45, 2.75) is 26.9 Å². The predicted octanol–water partition coefficient (Wildman–Crippen LogP) is 1.35. The molecule has 0 spiro atoms. The predicted molar refractivity (Wildman–Crippen MR) is 44.4 cm³/mol. The summed E-state index contributed by atoms with van der Waals surface area (Å²) in [5, 5.41) is 9.11. The summed E-state index contributed by atoms with van der Waals surface area (Å²) in [5.74, 6) is 0. The molecule has 1 atom stereocenters. The largest absolute Gasteiger partial charge is 0.389 e. The van der Waals surface area contributed by atoms with Gasteiger partial charge in [0.2, 0.25) is 0 Å². The molecule has 1 saturated heterocycles. The Bertz CT molecular complexity index is 168. The van der Waals surface area contributed by atoms with Crippen LogP contribution in [0.4, 0.5) is 0 Å². The van der Waals surface area contributed by atoms with Crippen molar-refractivity contribution in [2.24, 2.45) is 5.41 Å². The molecular weight excluding hydrogens is 140 g/mol. The zero-order chi connectivity index (χ0) is 8.48. The van der Waals surface area contributed by atoms with Gasteiger partial charge in [-0.3, -0.25) is 0 Å². The molecule has 1 heterocycles. The summed E-state index contributed by atoms with van der Waals surface area (Å²) in [6, 6.07) is 0. The third-order valence-corrected chi connectivity index (χ3v) is 2.03. The van der Waals surface area contributed by atoms with E-state index in [4.69, 9.17) is 9.84 Å². The Morgan fingerprint density at radius 1 is 1.64 bits per heavy atom. The number of ether oxygens (including phenoxy) is 1. The first-order valence-corrected chi connectivity index (χ1v) is 3.99. The maximum absolute atomic E-state index is 9.11. The first-order chi connectivity index (χ1) is 5.02. The highest BCUT2D eigenvalue weighted by Gasteiger charge is 2.29. The van der Waals surface area contributed by atoms with E-state index < -0.39 is 0 Å². The van der Waals surface area contributed by atoms with Crippen molar-refractivity contribution >= 4 is 0 Å². The summed E-state index contributed by atoms with van der Waals surface area (Å²) in [5.41, 5.74) is 1.34. The molecule has 2 nitrogen and oxygen atoms in total. The van der Waals surface area contributed by atoms with Crippen LogP contribution in [0.1, 0.15) is 20.8 Å². The minimum atomic E-state index is -0.356. The quantitative estimate of drug-likeness (QED) is 0.581. The van der Waals surface area contributed by atoms with Crippen LogP contribution in [0.25, 0.3) is 0 Å². The minimum absolute atomic E-state index is 0.122. The van der Waals surface area contributed by atoms with Crippen LogP contribution in [0.3, 0.4) is 0 Å².